The van der Waals surface area contributed by atoms with Crippen LogP contribution in [0, 0.1) is 0 Å². The van der Waals surface area contributed by atoms with Gasteiger partial charge < -0.3 is 14.8 Å². The number of hydrogen-bond donors (Lipinski definition) is 1. The molecule has 0 saturated carbocycles. The molecule has 2 aromatic rings. The number of halogens is 1. The third kappa shape index (κ3) is 5.15. The molecule has 1 N–H and O–H groups in total. The summed E-state index contributed by atoms with van der Waals surface area (Å²) in [6.45, 7) is 1.48. The van der Waals surface area contributed by atoms with Crippen LogP contribution in [0.3, 0.4) is 0 Å². The number of nitrogens with one attached hydrogen (secondary N) is 1. The molecule has 0 heterocycles. The first-order valence-electron chi connectivity index (χ1n) is 8.42. The van der Waals surface area contributed by atoms with E-state index in [0.29, 0.717) is 16.5 Å². The van der Waals surface area contributed by atoms with Gasteiger partial charge in [-0.25, -0.2) is 8.42 Å². The number of likely N-dealkylation sites (N-methyl/N-ethyl adjacent to an activating group) is 1. The molecule has 0 saturated heterocycles. The van der Waals surface area contributed by atoms with Crippen LogP contribution >= 0.6 is 11.6 Å². The van der Waals surface area contributed by atoms with E-state index in [1.54, 1.807) is 32.2 Å². The Kier molecular flexibility index (Phi) is 7.29. The first-order valence-corrected chi connectivity index (χ1v) is 10.2. The normalized spacial score (nSPS) is 12.5. The largest absolute Gasteiger partial charge is 0.493 e. The molecule has 152 valence electrons. The van der Waals surface area contributed by atoms with Crippen molar-refractivity contribution < 1.29 is 22.7 Å². The lowest BCUT2D eigenvalue weighted by Crippen LogP contribution is -2.39. The third-order valence-electron chi connectivity index (χ3n) is 4.17. The SMILES string of the molecule is COc1ccc([C@@H](C)NC(=O)CN(C)S(=O)(=O)c2ccc(Cl)cc2)cc1OC. The number of sulfonamides is 1. The Labute approximate surface area is 170 Å². The van der Waals surface area contributed by atoms with Crippen LogP contribution in [0.2, 0.25) is 5.02 Å². The molecule has 0 aliphatic rings. The quantitative estimate of drug-likeness (QED) is 0.701. The van der Waals surface area contributed by atoms with Crippen LogP contribution in [-0.2, 0) is 14.8 Å². The fourth-order valence-corrected chi connectivity index (χ4v) is 3.82. The number of nitrogens with zero attached hydrogens (tertiary/aromatic N) is 1. The van der Waals surface area contributed by atoms with Crippen molar-refractivity contribution in [1.82, 2.24) is 9.62 Å². The van der Waals surface area contributed by atoms with Crippen molar-refractivity contribution in [1.29, 1.82) is 0 Å². The second kappa shape index (κ2) is 9.27. The van der Waals surface area contributed by atoms with E-state index in [4.69, 9.17) is 21.1 Å². The van der Waals surface area contributed by atoms with Gasteiger partial charge in [0.2, 0.25) is 15.9 Å². The summed E-state index contributed by atoms with van der Waals surface area (Å²) in [5.74, 6) is 0.699. The minimum atomic E-state index is -3.79. The van der Waals surface area contributed by atoms with Crippen molar-refractivity contribution >= 4 is 27.5 Å². The van der Waals surface area contributed by atoms with Gasteiger partial charge in [-0.15, -0.1) is 0 Å². The molecule has 0 fully saturated rings. The fraction of sp³-hybridized carbons (Fsp3) is 0.316. The summed E-state index contributed by atoms with van der Waals surface area (Å²) in [7, 11) is 0.629. The van der Waals surface area contributed by atoms with Crippen LogP contribution in [0.5, 0.6) is 11.5 Å². The Balaban J connectivity index is 2.05. The molecule has 0 aromatic heterocycles. The van der Waals surface area contributed by atoms with Crippen molar-refractivity contribution in [3.8, 4) is 11.5 Å². The summed E-state index contributed by atoms with van der Waals surface area (Å²) < 4.78 is 36.6. The molecule has 9 heteroatoms. The summed E-state index contributed by atoms with van der Waals surface area (Å²) in [4.78, 5) is 12.4. The Bertz CT molecular complexity index is 932. The van der Waals surface area contributed by atoms with Gasteiger partial charge in [0, 0.05) is 12.1 Å². The second-order valence-electron chi connectivity index (χ2n) is 6.12. The minimum absolute atomic E-state index is 0.0696. The summed E-state index contributed by atoms with van der Waals surface area (Å²) in [6, 6.07) is 10.7. The molecular formula is C19H23ClN2O5S. The zero-order valence-corrected chi connectivity index (χ0v) is 17.7. The van der Waals surface area contributed by atoms with Gasteiger partial charge in [0.15, 0.2) is 11.5 Å². The molecule has 28 heavy (non-hydrogen) atoms. The highest BCUT2D eigenvalue weighted by Crippen LogP contribution is 2.29. The standard InChI is InChI=1S/C19H23ClN2O5S/c1-13(14-5-10-17(26-3)18(11-14)27-4)21-19(23)12-22(2)28(24,25)16-8-6-15(20)7-9-16/h5-11,13H,12H2,1-4H3,(H,21,23)/t13-/m1/s1. The maximum atomic E-state index is 12.6. The van der Waals surface area contributed by atoms with Crippen molar-refractivity contribution in [3.05, 3.63) is 53.1 Å². The molecule has 1 amide bonds. The van der Waals surface area contributed by atoms with Crippen LogP contribution < -0.4 is 14.8 Å². The zero-order valence-electron chi connectivity index (χ0n) is 16.1. The van der Waals surface area contributed by atoms with E-state index in [-0.39, 0.29) is 17.5 Å². The summed E-state index contributed by atoms with van der Waals surface area (Å²) in [5, 5.41) is 3.22. The molecule has 0 radical (unpaired) electrons. The number of methoxy groups -OCH3 is 2. The van der Waals surface area contributed by atoms with E-state index in [1.165, 1.54) is 38.4 Å². The second-order valence-corrected chi connectivity index (χ2v) is 8.60. The molecule has 2 rings (SSSR count). The Morgan fingerprint density at radius 1 is 1.11 bits per heavy atom. The lowest BCUT2D eigenvalue weighted by Gasteiger charge is -2.20. The average Bonchev–Trinajstić information content (AvgIpc) is 2.67. The van der Waals surface area contributed by atoms with Crippen LogP contribution in [0.4, 0.5) is 0 Å². The molecule has 0 aliphatic carbocycles. The van der Waals surface area contributed by atoms with Gasteiger partial charge in [0.25, 0.3) is 0 Å². The van der Waals surface area contributed by atoms with Crippen molar-refractivity contribution in [2.75, 3.05) is 27.8 Å². The first kappa shape index (κ1) is 22.0. The van der Waals surface area contributed by atoms with Crippen molar-refractivity contribution in [2.45, 2.75) is 17.9 Å². The molecular weight excluding hydrogens is 404 g/mol. The van der Waals surface area contributed by atoms with Crippen LogP contribution in [0.25, 0.3) is 0 Å². The van der Waals surface area contributed by atoms with Crippen LogP contribution in [0.1, 0.15) is 18.5 Å². The molecule has 0 unspecified atom stereocenters. The predicted molar refractivity (Wildman–Crippen MR) is 107 cm³/mol. The number of ether oxygens (including phenoxy) is 2. The zero-order chi connectivity index (χ0) is 20.9. The van der Waals surface area contributed by atoms with E-state index < -0.39 is 15.9 Å². The van der Waals surface area contributed by atoms with E-state index in [1.807, 2.05) is 0 Å². The van der Waals surface area contributed by atoms with Gasteiger partial charge in [0.1, 0.15) is 0 Å². The summed E-state index contributed by atoms with van der Waals surface area (Å²) in [6.07, 6.45) is 0. The number of benzene rings is 2. The van der Waals surface area contributed by atoms with E-state index >= 15 is 0 Å². The van der Waals surface area contributed by atoms with Gasteiger partial charge >= 0.3 is 0 Å². The van der Waals surface area contributed by atoms with E-state index in [2.05, 4.69) is 5.32 Å². The highest BCUT2D eigenvalue weighted by molar-refractivity contribution is 7.89. The first-order chi connectivity index (χ1) is 13.2. The maximum Gasteiger partial charge on any atom is 0.243 e. The minimum Gasteiger partial charge on any atom is -0.493 e. The van der Waals surface area contributed by atoms with E-state index in [9.17, 15) is 13.2 Å². The monoisotopic (exact) mass is 426 g/mol. The molecule has 0 aliphatic heterocycles. The van der Waals surface area contributed by atoms with Gasteiger partial charge in [-0.1, -0.05) is 17.7 Å². The summed E-state index contributed by atoms with van der Waals surface area (Å²) >= 11 is 5.79. The number of amides is 1. The van der Waals surface area contributed by atoms with E-state index in [0.717, 1.165) is 9.87 Å². The Morgan fingerprint density at radius 2 is 1.71 bits per heavy atom. The molecule has 1 atom stereocenters. The molecule has 2 aromatic carbocycles. The number of carbonyl (C=O) groups is 1. The number of hydrogen-bond acceptors (Lipinski definition) is 5. The van der Waals surface area contributed by atoms with Gasteiger partial charge in [-0.2, -0.15) is 4.31 Å². The predicted octanol–water partition coefficient (Wildman–Crippen LogP) is 2.86. The number of carbonyl (C=O) groups excluding carboxylic acids is 1. The molecule has 0 spiro atoms. The summed E-state index contributed by atoms with van der Waals surface area (Å²) in [5.41, 5.74) is 0.800. The Morgan fingerprint density at radius 3 is 2.29 bits per heavy atom. The number of rotatable bonds is 8. The third-order valence-corrected chi connectivity index (χ3v) is 6.24. The Hall–Kier alpha value is -2.29. The van der Waals surface area contributed by atoms with Crippen molar-refractivity contribution in [3.63, 3.8) is 0 Å². The van der Waals surface area contributed by atoms with Crippen LogP contribution in [0.15, 0.2) is 47.4 Å². The van der Waals surface area contributed by atoms with Crippen molar-refractivity contribution in [2.24, 2.45) is 0 Å². The fourth-order valence-electron chi connectivity index (χ4n) is 2.57. The molecule has 7 nitrogen and oxygen atoms in total. The van der Waals surface area contributed by atoms with Gasteiger partial charge in [-0.3, -0.25) is 4.79 Å². The lowest BCUT2D eigenvalue weighted by atomic mass is 10.1. The highest BCUT2D eigenvalue weighted by atomic mass is 35.5. The highest BCUT2D eigenvalue weighted by Gasteiger charge is 2.23. The average molecular weight is 427 g/mol. The van der Waals surface area contributed by atoms with Gasteiger partial charge in [0.05, 0.1) is 31.7 Å². The molecule has 0 bridgehead atoms. The van der Waals surface area contributed by atoms with Gasteiger partial charge in [-0.05, 0) is 48.9 Å². The maximum absolute atomic E-state index is 12.6. The van der Waals surface area contributed by atoms with Crippen LogP contribution in [-0.4, -0.2) is 46.4 Å². The smallest absolute Gasteiger partial charge is 0.243 e. The lowest BCUT2D eigenvalue weighted by molar-refractivity contribution is -0.121. The topological polar surface area (TPSA) is 84.9 Å².